The molecule has 1 aliphatic heterocycles. The molecule has 5 heteroatoms. The maximum absolute atomic E-state index is 12.7. The number of hydrogen-bond acceptors (Lipinski definition) is 4. The van der Waals surface area contributed by atoms with Gasteiger partial charge in [-0.3, -0.25) is 14.6 Å². The second kappa shape index (κ2) is 7.48. The van der Waals surface area contributed by atoms with Crippen LogP contribution in [0, 0.1) is 5.92 Å². The first-order valence-corrected chi connectivity index (χ1v) is 9.16. The molecule has 0 radical (unpaired) electrons. The maximum atomic E-state index is 12.7. The van der Waals surface area contributed by atoms with E-state index in [-0.39, 0.29) is 24.3 Å². The molecule has 1 unspecified atom stereocenters. The number of esters is 1. The Morgan fingerprint density at radius 1 is 1.44 bits per heavy atom. The molecule has 2 atom stereocenters. The number of ether oxygens (including phenoxy) is 1. The molecule has 0 saturated heterocycles. The number of nitrogens with zero attached hydrogens (tertiary/aromatic N) is 1. The summed E-state index contributed by atoms with van der Waals surface area (Å²) in [6.07, 6.45) is 3.63. The highest BCUT2D eigenvalue weighted by Gasteiger charge is 2.43. The first kappa shape index (κ1) is 17.8. The van der Waals surface area contributed by atoms with E-state index >= 15 is 0 Å². The van der Waals surface area contributed by atoms with Gasteiger partial charge in [-0.25, -0.2) is 0 Å². The van der Waals surface area contributed by atoms with Gasteiger partial charge in [-0.15, -0.1) is 0 Å². The number of allylic oxidation sites excluding steroid dienone is 2. The third-order valence-corrected chi connectivity index (χ3v) is 5.13. The molecular weight excluding hydrogens is 382 g/mol. The van der Waals surface area contributed by atoms with Crippen molar-refractivity contribution in [3.05, 3.63) is 58.2 Å². The zero-order chi connectivity index (χ0) is 18.0. The molecule has 1 aromatic rings. The number of carbonyl (C=O) groups excluding carboxylic acids is 2. The zero-order valence-electron chi connectivity index (χ0n) is 14.1. The van der Waals surface area contributed by atoms with E-state index in [1.54, 1.807) is 0 Å². The molecule has 0 aromatic heterocycles. The summed E-state index contributed by atoms with van der Waals surface area (Å²) in [6, 6.07) is 7.76. The summed E-state index contributed by atoms with van der Waals surface area (Å²) in [6.45, 7) is 5.57. The summed E-state index contributed by atoms with van der Waals surface area (Å²) in [4.78, 5) is 30.0. The van der Waals surface area contributed by atoms with E-state index in [2.05, 4.69) is 27.5 Å². The topological polar surface area (TPSA) is 55.7 Å². The molecule has 1 aliphatic carbocycles. The van der Waals surface area contributed by atoms with E-state index in [9.17, 15) is 9.59 Å². The summed E-state index contributed by atoms with van der Waals surface area (Å²) in [5.74, 6) is -1.22. The molecule has 4 nitrogen and oxygen atoms in total. The standard InChI is InChI=1S/C20H20BrNO3/c1-3-10-25-20(24)17-12(2)22-15-8-5-9-16(23)19(15)18(17)13-6-4-7-14(21)11-13/h3-4,6-7,11,17-18H,1,5,8-10H2,2H3/t17?,18-/m1/s1. The largest absolute Gasteiger partial charge is 0.461 e. The Kier molecular flexibility index (Phi) is 5.33. The lowest BCUT2D eigenvalue weighted by molar-refractivity contribution is -0.145. The molecular formula is C20H20BrNO3. The van der Waals surface area contributed by atoms with E-state index in [4.69, 9.17) is 4.74 Å². The molecule has 130 valence electrons. The van der Waals surface area contributed by atoms with Crippen LogP contribution in [-0.2, 0) is 14.3 Å². The first-order chi connectivity index (χ1) is 12.0. The number of hydrogen-bond donors (Lipinski definition) is 0. The SMILES string of the molecule is C=CCOC(=O)C1C(C)=NC2=C(C(=O)CCC2)[C@@H]1c1cccc(Br)c1. The number of carbonyl (C=O) groups is 2. The van der Waals surface area contributed by atoms with Gasteiger partial charge in [0.25, 0.3) is 0 Å². The van der Waals surface area contributed by atoms with Crippen molar-refractivity contribution in [1.82, 2.24) is 0 Å². The van der Waals surface area contributed by atoms with Crippen LogP contribution in [0.15, 0.2) is 57.7 Å². The Hall–Kier alpha value is -2.01. The van der Waals surface area contributed by atoms with E-state index in [1.807, 2.05) is 31.2 Å². The van der Waals surface area contributed by atoms with Gasteiger partial charge >= 0.3 is 5.97 Å². The molecule has 2 aliphatic rings. The molecule has 0 fully saturated rings. The van der Waals surface area contributed by atoms with Crippen LogP contribution in [0.4, 0.5) is 0 Å². The average Bonchev–Trinajstić information content (AvgIpc) is 2.58. The van der Waals surface area contributed by atoms with Crippen molar-refractivity contribution in [1.29, 1.82) is 0 Å². The molecule has 25 heavy (non-hydrogen) atoms. The first-order valence-electron chi connectivity index (χ1n) is 8.37. The third kappa shape index (κ3) is 3.52. The number of ketones is 1. The zero-order valence-corrected chi connectivity index (χ0v) is 15.7. The Morgan fingerprint density at radius 3 is 2.96 bits per heavy atom. The van der Waals surface area contributed by atoms with Crippen LogP contribution < -0.4 is 0 Å². The molecule has 1 heterocycles. The van der Waals surface area contributed by atoms with Gasteiger partial charge in [0.2, 0.25) is 0 Å². The summed E-state index contributed by atoms with van der Waals surface area (Å²) in [5, 5.41) is 0. The highest BCUT2D eigenvalue weighted by molar-refractivity contribution is 9.10. The second-order valence-corrected chi connectivity index (χ2v) is 7.24. The lowest BCUT2D eigenvalue weighted by Gasteiger charge is -2.34. The predicted molar refractivity (Wildman–Crippen MR) is 101 cm³/mol. The minimum absolute atomic E-state index is 0.0870. The lowest BCUT2D eigenvalue weighted by atomic mass is 9.72. The van der Waals surface area contributed by atoms with Crippen molar-refractivity contribution in [2.75, 3.05) is 6.61 Å². The Morgan fingerprint density at radius 2 is 2.24 bits per heavy atom. The van der Waals surface area contributed by atoms with Crippen LogP contribution in [0.5, 0.6) is 0 Å². The van der Waals surface area contributed by atoms with Gasteiger partial charge in [-0.2, -0.15) is 0 Å². The minimum Gasteiger partial charge on any atom is -0.461 e. The Balaban J connectivity index is 2.12. The van der Waals surface area contributed by atoms with Gasteiger partial charge in [0.1, 0.15) is 12.5 Å². The number of halogens is 1. The molecule has 0 N–H and O–H groups in total. The van der Waals surface area contributed by atoms with Crippen LogP contribution in [-0.4, -0.2) is 24.1 Å². The fraction of sp³-hybridized carbons (Fsp3) is 0.350. The van der Waals surface area contributed by atoms with Gasteiger partial charge in [-0.05, 0) is 37.5 Å². The van der Waals surface area contributed by atoms with Crippen LogP contribution in [0.2, 0.25) is 0 Å². The van der Waals surface area contributed by atoms with Crippen molar-refractivity contribution < 1.29 is 14.3 Å². The van der Waals surface area contributed by atoms with Crippen molar-refractivity contribution in [2.24, 2.45) is 10.9 Å². The van der Waals surface area contributed by atoms with E-state index in [1.165, 1.54) is 6.08 Å². The van der Waals surface area contributed by atoms with E-state index in [0.29, 0.717) is 17.7 Å². The predicted octanol–water partition coefficient (Wildman–Crippen LogP) is 4.36. The van der Waals surface area contributed by atoms with E-state index < -0.39 is 5.92 Å². The fourth-order valence-electron chi connectivity index (χ4n) is 3.60. The normalized spacial score (nSPS) is 23.0. The summed E-state index contributed by atoms with van der Waals surface area (Å²) in [5.41, 5.74) is 3.13. The highest BCUT2D eigenvalue weighted by Crippen LogP contribution is 2.43. The smallest absolute Gasteiger partial charge is 0.315 e. The number of rotatable bonds is 4. The van der Waals surface area contributed by atoms with Crippen LogP contribution in [0.1, 0.15) is 37.7 Å². The molecule has 1 aromatic carbocycles. The summed E-state index contributed by atoms with van der Waals surface area (Å²) >= 11 is 3.49. The fourth-order valence-corrected chi connectivity index (χ4v) is 4.02. The second-order valence-electron chi connectivity index (χ2n) is 6.32. The van der Waals surface area contributed by atoms with Crippen LogP contribution in [0.25, 0.3) is 0 Å². The molecule has 3 rings (SSSR count). The molecule has 0 bridgehead atoms. The highest BCUT2D eigenvalue weighted by atomic mass is 79.9. The Labute approximate surface area is 155 Å². The average molecular weight is 402 g/mol. The Bertz CT molecular complexity index is 794. The lowest BCUT2D eigenvalue weighted by Crippen LogP contribution is -2.37. The van der Waals surface area contributed by atoms with Crippen molar-refractivity contribution in [2.45, 2.75) is 32.1 Å². The van der Waals surface area contributed by atoms with Gasteiger partial charge < -0.3 is 4.74 Å². The molecule has 0 spiro atoms. The number of aliphatic imine (C=N–C) groups is 1. The maximum Gasteiger partial charge on any atom is 0.315 e. The monoisotopic (exact) mass is 401 g/mol. The number of Topliss-reactive ketones (excluding diaryl/α,β-unsaturated/α-hetero) is 1. The van der Waals surface area contributed by atoms with Gasteiger partial charge in [0, 0.05) is 33.8 Å². The van der Waals surface area contributed by atoms with Gasteiger partial charge in [0.15, 0.2) is 5.78 Å². The summed E-state index contributed by atoms with van der Waals surface area (Å²) < 4.78 is 6.23. The minimum atomic E-state index is -0.588. The molecule has 0 amide bonds. The van der Waals surface area contributed by atoms with E-state index in [0.717, 1.165) is 28.6 Å². The van der Waals surface area contributed by atoms with Gasteiger partial charge in [0.05, 0.1) is 0 Å². The van der Waals surface area contributed by atoms with Crippen molar-refractivity contribution in [3.8, 4) is 0 Å². The third-order valence-electron chi connectivity index (χ3n) is 4.64. The van der Waals surface area contributed by atoms with Crippen molar-refractivity contribution >= 4 is 33.4 Å². The van der Waals surface area contributed by atoms with Gasteiger partial charge in [-0.1, -0.05) is 40.7 Å². The summed E-state index contributed by atoms with van der Waals surface area (Å²) in [7, 11) is 0. The number of benzene rings is 1. The van der Waals surface area contributed by atoms with Crippen LogP contribution in [0.3, 0.4) is 0 Å². The van der Waals surface area contributed by atoms with Crippen LogP contribution >= 0.6 is 15.9 Å². The van der Waals surface area contributed by atoms with Crippen molar-refractivity contribution in [3.63, 3.8) is 0 Å². The molecule has 0 saturated carbocycles. The quantitative estimate of drug-likeness (QED) is 0.556.